The first-order valence-corrected chi connectivity index (χ1v) is 6.70. The van der Waals surface area contributed by atoms with E-state index in [-0.39, 0.29) is 0 Å². The number of aromatic hydroxyl groups is 1. The summed E-state index contributed by atoms with van der Waals surface area (Å²) < 4.78 is 0. The van der Waals surface area contributed by atoms with Gasteiger partial charge in [-0.2, -0.15) is 0 Å². The number of benzene rings is 1. The summed E-state index contributed by atoms with van der Waals surface area (Å²) in [6.45, 7) is 8.12. The van der Waals surface area contributed by atoms with Crippen LogP contribution in [0.3, 0.4) is 0 Å². The van der Waals surface area contributed by atoms with E-state index in [1.165, 1.54) is 5.56 Å². The molecule has 104 valence electrons. The van der Waals surface area contributed by atoms with E-state index < -0.39 is 0 Å². The average molecular weight is 268 g/mol. The van der Waals surface area contributed by atoms with Crippen LogP contribution >= 0.6 is 0 Å². The standard InChI is InChI=1S/C17H20N2O/c1-3-10-19(13-16-6-4-5-9-18-16)12-15-7-8-17(20)14(2)11-15/h3-9,11,20H,1,10,12-13H2,2H3. The molecule has 1 heterocycles. The summed E-state index contributed by atoms with van der Waals surface area (Å²) in [7, 11) is 0. The van der Waals surface area contributed by atoms with Crippen molar-refractivity contribution >= 4 is 0 Å². The molecule has 20 heavy (non-hydrogen) atoms. The molecule has 3 nitrogen and oxygen atoms in total. The van der Waals surface area contributed by atoms with Gasteiger partial charge in [0.1, 0.15) is 5.75 Å². The predicted molar refractivity (Wildman–Crippen MR) is 81.4 cm³/mol. The molecule has 0 saturated carbocycles. The van der Waals surface area contributed by atoms with Gasteiger partial charge in [0.2, 0.25) is 0 Å². The second kappa shape index (κ2) is 6.87. The van der Waals surface area contributed by atoms with Crippen LogP contribution in [-0.4, -0.2) is 21.5 Å². The number of rotatable bonds is 6. The lowest BCUT2D eigenvalue weighted by atomic mass is 10.1. The first-order valence-electron chi connectivity index (χ1n) is 6.70. The monoisotopic (exact) mass is 268 g/mol. The molecular weight excluding hydrogens is 248 g/mol. The van der Waals surface area contributed by atoms with Gasteiger partial charge in [-0.1, -0.05) is 24.3 Å². The summed E-state index contributed by atoms with van der Waals surface area (Å²) in [5, 5.41) is 9.58. The Balaban J connectivity index is 2.08. The Bertz CT molecular complexity index is 566. The molecule has 0 spiro atoms. The lowest BCUT2D eigenvalue weighted by Gasteiger charge is -2.20. The van der Waals surface area contributed by atoms with Crippen LogP contribution in [-0.2, 0) is 13.1 Å². The first-order chi connectivity index (χ1) is 9.69. The smallest absolute Gasteiger partial charge is 0.118 e. The van der Waals surface area contributed by atoms with Crippen molar-refractivity contribution in [3.05, 3.63) is 72.1 Å². The quantitative estimate of drug-likeness (QED) is 0.817. The summed E-state index contributed by atoms with van der Waals surface area (Å²) in [4.78, 5) is 6.62. The van der Waals surface area contributed by atoms with Gasteiger partial charge >= 0.3 is 0 Å². The zero-order chi connectivity index (χ0) is 14.4. The highest BCUT2D eigenvalue weighted by Crippen LogP contribution is 2.18. The molecule has 1 N–H and O–H groups in total. The molecular formula is C17H20N2O. The minimum Gasteiger partial charge on any atom is -0.508 e. The molecule has 0 radical (unpaired) electrons. The molecule has 0 aliphatic heterocycles. The van der Waals surface area contributed by atoms with E-state index in [0.29, 0.717) is 5.75 Å². The SMILES string of the molecule is C=CCN(Cc1ccc(O)c(C)c1)Cc1ccccn1. The zero-order valence-corrected chi connectivity index (χ0v) is 11.8. The molecule has 0 bridgehead atoms. The minimum absolute atomic E-state index is 0.341. The van der Waals surface area contributed by atoms with Gasteiger partial charge in [0.05, 0.1) is 5.69 Å². The van der Waals surface area contributed by atoms with Gasteiger partial charge in [-0.25, -0.2) is 0 Å². The fraction of sp³-hybridized carbons (Fsp3) is 0.235. The zero-order valence-electron chi connectivity index (χ0n) is 11.8. The lowest BCUT2D eigenvalue weighted by molar-refractivity contribution is 0.282. The van der Waals surface area contributed by atoms with E-state index in [9.17, 15) is 5.11 Å². The number of hydrogen-bond donors (Lipinski definition) is 1. The number of phenols is 1. The van der Waals surface area contributed by atoms with E-state index in [0.717, 1.165) is 30.9 Å². The van der Waals surface area contributed by atoms with Crippen LogP contribution < -0.4 is 0 Å². The molecule has 0 unspecified atom stereocenters. The normalized spacial score (nSPS) is 10.7. The topological polar surface area (TPSA) is 36.4 Å². The van der Waals surface area contributed by atoms with Crippen molar-refractivity contribution in [3.63, 3.8) is 0 Å². The third-order valence-corrected chi connectivity index (χ3v) is 3.17. The van der Waals surface area contributed by atoms with Gasteiger partial charge in [-0.05, 0) is 36.2 Å². The molecule has 0 fully saturated rings. The Morgan fingerprint density at radius 3 is 2.75 bits per heavy atom. The van der Waals surface area contributed by atoms with Gasteiger partial charge in [-0.3, -0.25) is 9.88 Å². The van der Waals surface area contributed by atoms with Gasteiger partial charge in [-0.15, -0.1) is 6.58 Å². The molecule has 0 atom stereocenters. The van der Waals surface area contributed by atoms with Gasteiger partial charge in [0, 0.05) is 25.8 Å². The molecule has 0 saturated heterocycles. The summed E-state index contributed by atoms with van der Waals surface area (Å²) in [5.74, 6) is 0.341. The number of aromatic nitrogens is 1. The van der Waals surface area contributed by atoms with Crippen molar-refractivity contribution in [2.75, 3.05) is 6.54 Å². The minimum atomic E-state index is 0.341. The Kier molecular flexibility index (Phi) is 4.91. The van der Waals surface area contributed by atoms with Gasteiger partial charge in [0.15, 0.2) is 0 Å². The summed E-state index contributed by atoms with van der Waals surface area (Å²) in [6, 6.07) is 11.7. The maximum atomic E-state index is 9.58. The molecule has 2 rings (SSSR count). The van der Waals surface area contributed by atoms with Crippen molar-refractivity contribution < 1.29 is 5.11 Å². The highest BCUT2D eigenvalue weighted by atomic mass is 16.3. The van der Waals surface area contributed by atoms with E-state index in [1.54, 1.807) is 6.07 Å². The molecule has 2 aromatic rings. The van der Waals surface area contributed by atoms with E-state index >= 15 is 0 Å². The summed E-state index contributed by atoms with van der Waals surface area (Å²) in [6.07, 6.45) is 3.71. The van der Waals surface area contributed by atoms with Crippen molar-refractivity contribution in [3.8, 4) is 5.75 Å². The number of phenolic OH excluding ortho intramolecular Hbond substituents is 1. The molecule has 0 aliphatic rings. The van der Waals surface area contributed by atoms with Crippen LogP contribution in [0.15, 0.2) is 55.3 Å². The van der Waals surface area contributed by atoms with Crippen molar-refractivity contribution in [2.45, 2.75) is 20.0 Å². The fourth-order valence-corrected chi connectivity index (χ4v) is 2.16. The third-order valence-electron chi connectivity index (χ3n) is 3.17. The van der Waals surface area contributed by atoms with Gasteiger partial charge < -0.3 is 5.11 Å². The molecule has 0 amide bonds. The summed E-state index contributed by atoms with van der Waals surface area (Å²) in [5.41, 5.74) is 3.13. The maximum absolute atomic E-state index is 9.58. The number of aryl methyl sites for hydroxylation is 1. The lowest BCUT2D eigenvalue weighted by Crippen LogP contribution is -2.23. The predicted octanol–water partition coefficient (Wildman–Crippen LogP) is 3.28. The molecule has 3 heteroatoms. The molecule has 1 aromatic carbocycles. The molecule has 1 aromatic heterocycles. The van der Waals surface area contributed by atoms with Gasteiger partial charge in [0.25, 0.3) is 0 Å². The molecule has 0 aliphatic carbocycles. The first kappa shape index (κ1) is 14.3. The van der Waals surface area contributed by atoms with Crippen LogP contribution in [0.4, 0.5) is 0 Å². The average Bonchev–Trinajstić information content (AvgIpc) is 2.44. The Hall–Kier alpha value is -2.13. The highest BCUT2D eigenvalue weighted by molar-refractivity contribution is 5.34. The Morgan fingerprint density at radius 1 is 1.25 bits per heavy atom. The summed E-state index contributed by atoms with van der Waals surface area (Å²) >= 11 is 0. The van der Waals surface area contributed by atoms with Crippen LogP contribution in [0.2, 0.25) is 0 Å². The number of hydrogen-bond acceptors (Lipinski definition) is 3. The highest BCUT2D eigenvalue weighted by Gasteiger charge is 2.07. The second-order valence-corrected chi connectivity index (χ2v) is 4.90. The Morgan fingerprint density at radius 2 is 2.10 bits per heavy atom. The van der Waals surface area contributed by atoms with E-state index in [2.05, 4.69) is 16.5 Å². The van der Waals surface area contributed by atoms with Crippen LogP contribution in [0, 0.1) is 6.92 Å². The van der Waals surface area contributed by atoms with Crippen molar-refractivity contribution in [1.29, 1.82) is 0 Å². The van der Waals surface area contributed by atoms with Crippen LogP contribution in [0.1, 0.15) is 16.8 Å². The second-order valence-electron chi connectivity index (χ2n) is 4.90. The van der Waals surface area contributed by atoms with E-state index in [4.69, 9.17) is 0 Å². The number of pyridine rings is 1. The Labute approximate surface area is 120 Å². The maximum Gasteiger partial charge on any atom is 0.118 e. The van der Waals surface area contributed by atoms with Crippen LogP contribution in [0.25, 0.3) is 0 Å². The third kappa shape index (κ3) is 3.93. The van der Waals surface area contributed by atoms with Crippen molar-refractivity contribution in [2.24, 2.45) is 0 Å². The largest absolute Gasteiger partial charge is 0.508 e. The van der Waals surface area contributed by atoms with E-state index in [1.807, 2.05) is 49.5 Å². The number of nitrogens with zero attached hydrogens (tertiary/aromatic N) is 2. The fourth-order valence-electron chi connectivity index (χ4n) is 2.16. The van der Waals surface area contributed by atoms with Crippen molar-refractivity contribution in [1.82, 2.24) is 9.88 Å². The van der Waals surface area contributed by atoms with Crippen LogP contribution in [0.5, 0.6) is 5.75 Å².